The van der Waals surface area contributed by atoms with Crippen LogP contribution in [0, 0.1) is 5.82 Å². The molecule has 6 nitrogen and oxygen atoms in total. The largest absolute Gasteiger partial charge is 0.503 e. The van der Waals surface area contributed by atoms with E-state index < -0.39 is 29.3 Å². The predicted molar refractivity (Wildman–Crippen MR) is 96.5 cm³/mol. The SMILES string of the molecule is COc1ccc([C@@H]2C(C(C)=O)=C(O)C(=O)N2c2ccc(F)cc2)c(OC)c1. The van der Waals surface area contributed by atoms with E-state index in [1.165, 1.54) is 50.3 Å². The summed E-state index contributed by atoms with van der Waals surface area (Å²) in [6.45, 7) is 1.27. The third kappa shape index (κ3) is 3.12. The summed E-state index contributed by atoms with van der Waals surface area (Å²) in [5.74, 6) is -1.37. The zero-order valence-corrected chi connectivity index (χ0v) is 15.0. The van der Waals surface area contributed by atoms with Crippen molar-refractivity contribution in [2.24, 2.45) is 0 Å². The van der Waals surface area contributed by atoms with Gasteiger partial charge in [-0.2, -0.15) is 0 Å². The number of benzene rings is 2. The van der Waals surface area contributed by atoms with Gasteiger partial charge in [0.1, 0.15) is 17.3 Å². The van der Waals surface area contributed by atoms with Gasteiger partial charge in [0, 0.05) is 17.3 Å². The van der Waals surface area contributed by atoms with Crippen molar-refractivity contribution in [3.63, 3.8) is 0 Å². The summed E-state index contributed by atoms with van der Waals surface area (Å²) in [5, 5.41) is 10.3. The Balaban J connectivity index is 2.22. The molecule has 2 aromatic rings. The summed E-state index contributed by atoms with van der Waals surface area (Å²) in [4.78, 5) is 26.2. The minimum atomic E-state index is -0.915. The normalized spacial score (nSPS) is 16.7. The van der Waals surface area contributed by atoms with Crippen molar-refractivity contribution >= 4 is 17.4 Å². The van der Waals surface area contributed by atoms with Crippen LogP contribution in [0.25, 0.3) is 0 Å². The Labute approximate surface area is 155 Å². The Morgan fingerprint density at radius 2 is 1.78 bits per heavy atom. The van der Waals surface area contributed by atoms with E-state index in [0.29, 0.717) is 22.7 Å². The highest BCUT2D eigenvalue weighted by molar-refractivity contribution is 6.16. The number of amides is 1. The van der Waals surface area contributed by atoms with E-state index in [0.717, 1.165) is 0 Å². The number of carbonyl (C=O) groups excluding carboxylic acids is 2. The molecule has 0 aromatic heterocycles. The van der Waals surface area contributed by atoms with Crippen LogP contribution in [0.2, 0.25) is 0 Å². The third-order valence-corrected chi connectivity index (χ3v) is 4.43. The fourth-order valence-electron chi connectivity index (χ4n) is 3.17. The molecule has 0 saturated heterocycles. The molecule has 7 heteroatoms. The van der Waals surface area contributed by atoms with Gasteiger partial charge >= 0.3 is 0 Å². The van der Waals surface area contributed by atoms with Crippen LogP contribution in [0.1, 0.15) is 18.5 Å². The van der Waals surface area contributed by atoms with Gasteiger partial charge in [-0.3, -0.25) is 14.5 Å². The summed E-state index contributed by atoms with van der Waals surface area (Å²) in [7, 11) is 2.96. The molecule has 140 valence electrons. The fraction of sp³-hybridized carbons (Fsp3) is 0.200. The lowest BCUT2D eigenvalue weighted by Crippen LogP contribution is -2.31. The molecule has 1 atom stereocenters. The van der Waals surface area contributed by atoms with Crippen LogP contribution < -0.4 is 14.4 Å². The van der Waals surface area contributed by atoms with Crippen LogP contribution in [0.5, 0.6) is 11.5 Å². The molecule has 0 bridgehead atoms. The monoisotopic (exact) mass is 371 g/mol. The highest BCUT2D eigenvalue weighted by atomic mass is 19.1. The zero-order chi connectivity index (χ0) is 19.7. The van der Waals surface area contributed by atoms with Gasteiger partial charge in [0.2, 0.25) is 0 Å². The summed E-state index contributed by atoms with van der Waals surface area (Å²) < 4.78 is 23.9. The highest BCUT2D eigenvalue weighted by Gasteiger charge is 2.44. The predicted octanol–water partition coefficient (Wildman–Crippen LogP) is 3.33. The van der Waals surface area contributed by atoms with Gasteiger partial charge in [-0.25, -0.2) is 4.39 Å². The Hall–Kier alpha value is -3.35. The smallest absolute Gasteiger partial charge is 0.294 e. The number of halogens is 1. The molecule has 1 aliphatic heterocycles. The van der Waals surface area contributed by atoms with Gasteiger partial charge < -0.3 is 14.6 Å². The van der Waals surface area contributed by atoms with Crippen LogP contribution >= 0.6 is 0 Å². The maximum atomic E-state index is 13.3. The maximum Gasteiger partial charge on any atom is 0.294 e. The van der Waals surface area contributed by atoms with Crippen molar-refractivity contribution in [3.8, 4) is 11.5 Å². The molecule has 0 aliphatic carbocycles. The molecule has 3 rings (SSSR count). The second-order valence-corrected chi connectivity index (χ2v) is 5.98. The molecule has 0 saturated carbocycles. The van der Waals surface area contributed by atoms with E-state index >= 15 is 0 Å². The number of ketones is 1. The maximum absolute atomic E-state index is 13.3. The topological polar surface area (TPSA) is 76.1 Å². The number of rotatable bonds is 5. The Morgan fingerprint density at radius 3 is 2.33 bits per heavy atom. The van der Waals surface area contributed by atoms with E-state index in [2.05, 4.69) is 0 Å². The van der Waals surface area contributed by atoms with Crippen LogP contribution in [-0.2, 0) is 9.59 Å². The van der Waals surface area contributed by atoms with Crippen LogP contribution in [-0.4, -0.2) is 31.0 Å². The fourth-order valence-corrected chi connectivity index (χ4v) is 3.17. The summed E-state index contributed by atoms with van der Waals surface area (Å²) in [6, 6.07) is 9.25. The number of anilines is 1. The Bertz CT molecular complexity index is 936. The highest BCUT2D eigenvalue weighted by Crippen LogP contribution is 2.44. The van der Waals surface area contributed by atoms with E-state index in [4.69, 9.17) is 9.47 Å². The Morgan fingerprint density at radius 1 is 1.11 bits per heavy atom. The Kier molecular flexibility index (Phi) is 4.85. The van der Waals surface area contributed by atoms with Crippen molar-refractivity contribution in [1.29, 1.82) is 0 Å². The average Bonchev–Trinajstić information content (AvgIpc) is 2.93. The zero-order valence-electron chi connectivity index (χ0n) is 15.0. The summed E-state index contributed by atoms with van der Waals surface area (Å²) in [5.41, 5.74) is 0.782. The number of hydrogen-bond donors (Lipinski definition) is 1. The third-order valence-electron chi connectivity index (χ3n) is 4.43. The molecular weight excluding hydrogens is 353 g/mol. The minimum Gasteiger partial charge on any atom is -0.503 e. The van der Waals surface area contributed by atoms with Gasteiger partial charge in [0.15, 0.2) is 11.5 Å². The number of nitrogens with zero attached hydrogens (tertiary/aromatic N) is 1. The van der Waals surface area contributed by atoms with Crippen LogP contribution in [0.4, 0.5) is 10.1 Å². The first kappa shape index (κ1) is 18.4. The molecule has 1 N–H and O–H groups in total. The van der Waals surface area contributed by atoms with Crippen molar-refractivity contribution < 1.29 is 28.6 Å². The van der Waals surface area contributed by atoms with Gasteiger partial charge in [0.05, 0.1) is 25.8 Å². The lowest BCUT2D eigenvalue weighted by Gasteiger charge is -2.28. The standard InChI is InChI=1S/C20H18FNO5/c1-11(23)17-18(15-9-8-14(26-2)10-16(15)27-3)22(20(25)19(17)24)13-6-4-12(21)5-7-13/h4-10,18,24H,1-3H3/t18-/m1/s1. The summed E-state index contributed by atoms with van der Waals surface area (Å²) in [6.07, 6.45) is 0. The average molecular weight is 371 g/mol. The molecule has 1 heterocycles. The molecule has 0 fully saturated rings. The van der Waals surface area contributed by atoms with Gasteiger partial charge in [-0.05, 0) is 43.3 Å². The first-order valence-electron chi connectivity index (χ1n) is 8.14. The van der Waals surface area contributed by atoms with Gasteiger partial charge in [0.25, 0.3) is 5.91 Å². The number of Topliss-reactive ketones (excluding diaryl/α,β-unsaturated/α-hetero) is 1. The lowest BCUT2D eigenvalue weighted by atomic mass is 9.95. The van der Waals surface area contributed by atoms with E-state index in [9.17, 15) is 19.1 Å². The van der Waals surface area contributed by atoms with Crippen molar-refractivity contribution in [2.75, 3.05) is 19.1 Å². The second kappa shape index (κ2) is 7.11. The lowest BCUT2D eigenvalue weighted by molar-refractivity contribution is -0.117. The molecule has 0 unspecified atom stereocenters. The second-order valence-electron chi connectivity index (χ2n) is 5.98. The molecule has 0 radical (unpaired) electrons. The van der Waals surface area contributed by atoms with Crippen LogP contribution in [0.3, 0.4) is 0 Å². The van der Waals surface area contributed by atoms with Gasteiger partial charge in [-0.1, -0.05) is 0 Å². The molecule has 27 heavy (non-hydrogen) atoms. The number of aliphatic hydroxyl groups is 1. The molecule has 1 aliphatic rings. The molecule has 0 spiro atoms. The molecule has 2 aromatic carbocycles. The van der Waals surface area contributed by atoms with Gasteiger partial charge in [-0.15, -0.1) is 0 Å². The van der Waals surface area contributed by atoms with Crippen molar-refractivity contribution in [2.45, 2.75) is 13.0 Å². The number of hydrogen-bond acceptors (Lipinski definition) is 5. The first-order chi connectivity index (χ1) is 12.9. The van der Waals surface area contributed by atoms with E-state index in [-0.39, 0.29) is 5.57 Å². The number of carbonyl (C=O) groups is 2. The molecular formula is C20H18FNO5. The van der Waals surface area contributed by atoms with Crippen molar-refractivity contribution in [1.82, 2.24) is 0 Å². The number of aliphatic hydroxyl groups excluding tert-OH is 1. The van der Waals surface area contributed by atoms with E-state index in [1.807, 2.05) is 0 Å². The summed E-state index contributed by atoms with van der Waals surface area (Å²) >= 11 is 0. The number of methoxy groups -OCH3 is 2. The molecule has 1 amide bonds. The quantitative estimate of drug-likeness (QED) is 0.872. The van der Waals surface area contributed by atoms with E-state index in [1.54, 1.807) is 18.2 Å². The first-order valence-corrected chi connectivity index (χ1v) is 8.14. The van der Waals surface area contributed by atoms with Crippen LogP contribution in [0.15, 0.2) is 53.8 Å². The minimum absolute atomic E-state index is 0.0483. The number of ether oxygens (including phenoxy) is 2. The van der Waals surface area contributed by atoms with Crippen molar-refractivity contribution in [3.05, 3.63) is 65.2 Å².